The van der Waals surface area contributed by atoms with E-state index in [0.717, 1.165) is 18.1 Å². The fourth-order valence-corrected chi connectivity index (χ4v) is 1.46. The molecule has 0 saturated carbocycles. The summed E-state index contributed by atoms with van der Waals surface area (Å²) in [5, 5.41) is 0. The molecule has 60 valence electrons. The van der Waals surface area contributed by atoms with E-state index < -0.39 is 0 Å². The summed E-state index contributed by atoms with van der Waals surface area (Å²) in [4.78, 5) is 4.37. The van der Waals surface area contributed by atoms with Crippen LogP contribution in [0.2, 0.25) is 0 Å². The van der Waals surface area contributed by atoms with Gasteiger partial charge in [0.15, 0.2) is 5.69 Å². The predicted molar refractivity (Wildman–Crippen MR) is 44.3 cm³/mol. The summed E-state index contributed by atoms with van der Waals surface area (Å²) in [5.41, 5.74) is 2.39. The van der Waals surface area contributed by atoms with Crippen LogP contribution >= 0.6 is 0 Å². The van der Waals surface area contributed by atoms with Gasteiger partial charge in [0.2, 0.25) is 0 Å². The lowest BCUT2D eigenvalue weighted by molar-refractivity contribution is -0.708. The molecule has 0 saturated heterocycles. The van der Waals surface area contributed by atoms with Crippen molar-refractivity contribution in [3.8, 4) is 0 Å². The van der Waals surface area contributed by atoms with Crippen LogP contribution in [0.5, 0.6) is 0 Å². The summed E-state index contributed by atoms with van der Waals surface area (Å²) in [6, 6.07) is 2.11. The molecule has 0 N–H and O–H groups in total. The molecule has 0 aliphatic heterocycles. The molecule has 0 fully saturated rings. The van der Waals surface area contributed by atoms with Crippen molar-refractivity contribution in [1.29, 1.82) is 0 Å². The summed E-state index contributed by atoms with van der Waals surface area (Å²) >= 11 is 0. The van der Waals surface area contributed by atoms with Gasteiger partial charge in [-0.3, -0.25) is 0 Å². The Hall–Kier alpha value is -0.920. The van der Waals surface area contributed by atoms with Gasteiger partial charge in [-0.2, -0.15) is 0 Å². The van der Waals surface area contributed by atoms with Crippen LogP contribution in [0.15, 0.2) is 6.07 Å². The zero-order valence-electron chi connectivity index (χ0n) is 7.68. The van der Waals surface area contributed by atoms with E-state index in [0.29, 0.717) is 0 Å². The van der Waals surface area contributed by atoms with E-state index in [1.165, 1.54) is 5.69 Å². The monoisotopic (exact) mass is 151 g/mol. The molecule has 0 radical (unpaired) electrons. The molecule has 0 bridgehead atoms. The second-order valence-electron chi connectivity index (χ2n) is 2.83. The largest absolute Gasteiger partial charge is 0.295 e. The van der Waals surface area contributed by atoms with Crippen molar-refractivity contribution in [3.05, 3.63) is 23.3 Å². The first-order valence-electron chi connectivity index (χ1n) is 4.00. The second-order valence-corrected chi connectivity index (χ2v) is 2.83. The van der Waals surface area contributed by atoms with Gasteiger partial charge in [-0.05, 0) is 13.8 Å². The van der Waals surface area contributed by atoms with Gasteiger partial charge in [-0.25, -0.2) is 4.57 Å². The normalized spacial score (nSPS) is 10.2. The van der Waals surface area contributed by atoms with Gasteiger partial charge < -0.3 is 0 Å². The molecule has 1 heterocycles. The molecule has 11 heavy (non-hydrogen) atoms. The molecular weight excluding hydrogens is 136 g/mol. The van der Waals surface area contributed by atoms with Gasteiger partial charge >= 0.3 is 0 Å². The molecule has 0 aliphatic carbocycles. The Labute approximate surface area is 67.9 Å². The molecule has 0 unspecified atom stereocenters. The smallest absolute Gasteiger partial charge is 0.233 e. The SMILES string of the molecule is CC[n+]1c(C)cc(C)nc1C. The van der Waals surface area contributed by atoms with Crippen molar-refractivity contribution in [2.75, 3.05) is 0 Å². The zero-order chi connectivity index (χ0) is 8.43. The third-order valence-electron chi connectivity index (χ3n) is 1.89. The molecular formula is C9H15N2+. The van der Waals surface area contributed by atoms with Gasteiger partial charge in [-0.1, -0.05) is 4.98 Å². The number of aryl methyl sites for hydroxylation is 3. The van der Waals surface area contributed by atoms with E-state index >= 15 is 0 Å². The topological polar surface area (TPSA) is 16.8 Å². The van der Waals surface area contributed by atoms with Crippen molar-refractivity contribution >= 4 is 0 Å². The van der Waals surface area contributed by atoms with E-state index in [4.69, 9.17) is 0 Å². The summed E-state index contributed by atoms with van der Waals surface area (Å²) in [7, 11) is 0. The minimum Gasteiger partial charge on any atom is -0.233 e. The average Bonchev–Trinajstić information content (AvgIpc) is 1.85. The molecule has 1 aromatic rings. The van der Waals surface area contributed by atoms with Crippen LogP contribution in [0.3, 0.4) is 0 Å². The maximum atomic E-state index is 4.37. The van der Waals surface area contributed by atoms with Crippen LogP contribution in [-0.2, 0) is 6.54 Å². The highest BCUT2D eigenvalue weighted by molar-refractivity contribution is 5.01. The van der Waals surface area contributed by atoms with E-state index in [1.54, 1.807) is 0 Å². The predicted octanol–water partition coefficient (Wildman–Crippen LogP) is 1.31. The molecule has 0 aromatic carbocycles. The molecule has 0 amide bonds. The lowest BCUT2D eigenvalue weighted by Crippen LogP contribution is -2.40. The number of hydrogen-bond acceptors (Lipinski definition) is 1. The van der Waals surface area contributed by atoms with Gasteiger partial charge in [0, 0.05) is 19.9 Å². The minimum atomic E-state index is 1.00. The Morgan fingerprint density at radius 2 is 2.00 bits per heavy atom. The van der Waals surface area contributed by atoms with E-state index in [2.05, 4.69) is 29.5 Å². The lowest BCUT2D eigenvalue weighted by atomic mass is 10.3. The highest BCUT2D eigenvalue weighted by Crippen LogP contribution is 1.95. The van der Waals surface area contributed by atoms with Crippen LogP contribution in [0.1, 0.15) is 24.1 Å². The second kappa shape index (κ2) is 2.99. The summed E-state index contributed by atoms with van der Waals surface area (Å²) in [6.07, 6.45) is 0. The summed E-state index contributed by atoms with van der Waals surface area (Å²) in [5.74, 6) is 1.10. The molecule has 1 rings (SSSR count). The average molecular weight is 151 g/mol. The number of rotatable bonds is 1. The molecule has 0 atom stereocenters. The van der Waals surface area contributed by atoms with Crippen molar-refractivity contribution in [3.63, 3.8) is 0 Å². The van der Waals surface area contributed by atoms with Crippen molar-refractivity contribution in [2.24, 2.45) is 0 Å². The third kappa shape index (κ3) is 1.56. The zero-order valence-corrected chi connectivity index (χ0v) is 7.68. The van der Waals surface area contributed by atoms with Crippen molar-refractivity contribution < 1.29 is 4.57 Å². The van der Waals surface area contributed by atoms with E-state index in [1.807, 2.05) is 13.8 Å². The third-order valence-corrected chi connectivity index (χ3v) is 1.89. The van der Waals surface area contributed by atoms with E-state index in [-0.39, 0.29) is 0 Å². The van der Waals surface area contributed by atoms with Crippen molar-refractivity contribution in [2.45, 2.75) is 34.2 Å². The van der Waals surface area contributed by atoms with Crippen LogP contribution in [0, 0.1) is 20.8 Å². The van der Waals surface area contributed by atoms with Crippen LogP contribution in [0.4, 0.5) is 0 Å². The fourth-order valence-electron chi connectivity index (χ4n) is 1.46. The highest BCUT2D eigenvalue weighted by atomic mass is 15.0. The minimum absolute atomic E-state index is 1.00. The van der Waals surface area contributed by atoms with Crippen LogP contribution in [0.25, 0.3) is 0 Å². The first-order chi connectivity index (χ1) is 5.15. The maximum Gasteiger partial charge on any atom is 0.295 e. The Morgan fingerprint density at radius 1 is 1.36 bits per heavy atom. The van der Waals surface area contributed by atoms with Crippen molar-refractivity contribution in [1.82, 2.24) is 4.98 Å². The van der Waals surface area contributed by atoms with E-state index in [9.17, 15) is 0 Å². The van der Waals surface area contributed by atoms with Gasteiger partial charge in [0.25, 0.3) is 5.82 Å². The lowest BCUT2D eigenvalue weighted by Gasteiger charge is -2.01. The number of hydrogen-bond donors (Lipinski definition) is 0. The van der Waals surface area contributed by atoms with Crippen LogP contribution in [-0.4, -0.2) is 4.98 Å². The Morgan fingerprint density at radius 3 is 2.45 bits per heavy atom. The quantitative estimate of drug-likeness (QED) is 0.553. The molecule has 0 spiro atoms. The Kier molecular flexibility index (Phi) is 2.22. The molecule has 2 nitrogen and oxygen atoms in total. The molecule has 2 heteroatoms. The first-order valence-corrected chi connectivity index (χ1v) is 4.00. The van der Waals surface area contributed by atoms with Crippen LogP contribution < -0.4 is 4.57 Å². The Balaban J connectivity index is 3.25. The standard InChI is InChI=1S/C9H15N2/c1-5-11-8(3)6-7(2)10-9(11)4/h6H,5H2,1-4H3/q+1. The fraction of sp³-hybridized carbons (Fsp3) is 0.556. The first kappa shape index (κ1) is 8.18. The molecule has 1 aromatic heterocycles. The number of aromatic nitrogens is 2. The molecule has 0 aliphatic rings. The Bertz CT molecular complexity index is 243. The summed E-state index contributed by atoms with van der Waals surface area (Å²) < 4.78 is 2.20. The summed E-state index contributed by atoms with van der Waals surface area (Å²) in [6.45, 7) is 9.33. The van der Waals surface area contributed by atoms with Gasteiger partial charge in [-0.15, -0.1) is 0 Å². The van der Waals surface area contributed by atoms with Gasteiger partial charge in [0.05, 0.1) is 6.54 Å². The van der Waals surface area contributed by atoms with Gasteiger partial charge in [0.1, 0.15) is 5.69 Å². The maximum absolute atomic E-state index is 4.37. The highest BCUT2D eigenvalue weighted by Gasteiger charge is 2.08. The number of nitrogens with zero attached hydrogens (tertiary/aromatic N) is 2.